The van der Waals surface area contributed by atoms with Gasteiger partial charge >= 0.3 is 0 Å². The number of rotatable bonds is 0. The molecule has 144 valence electrons. The third-order valence-electron chi connectivity index (χ3n) is 3.99. The molecule has 3 aliphatic heterocycles. The zero-order valence-corrected chi connectivity index (χ0v) is 16.7. The van der Waals surface area contributed by atoms with Crippen LogP contribution >= 0.6 is 15.9 Å². The average Bonchev–Trinajstić information content (AvgIpc) is 3.09. The number of benzene rings is 1. The van der Waals surface area contributed by atoms with Gasteiger partial charge in [0.15, 0.2) is 0 Å². The molecular formula is C18H21BrFN5O2. The molecule has 3 aliphatic rings. The van der Waals surface area contributed by atoms with Crippen molar-refractivity contribution in [3.63, 3.8) is 0 Å². The summed E-state index contributed by atoms with van der Waals surface area (Å²) in [4.78, 5) is 16.9. The summed E-state index contributed by atoms with van der Waals surface area (Å²) in [6.45, 7) is 5.27. The van der Waals surface area contributed by atoms with E-state index in [9.17, 15) is 9.18 Å². The first-order valence-electron chi connectivity index (χ1n) is 8.76. The molecule has 0 radical (unpaired) electrons. The zero-order valence-electron chi connectivity index (χ0n) is 15.1. The predicted octanol–water partition coefficient (Wildman–Crippen LogP) is 2.17. The van der Waals surface area contributed by atoms with Crippen molar-refractivity contribution in [2.75, 3.05) is 19.7 Å². The van der Waals surface area contributed by atoms with E-state index in [2.05, 4.69) is 37.0 Å². The molecule has 7 nitrogen and oxygen atoms in total. The predicted molar refractivity (Wildman–Crippen MR) is 104 cm³/mol. The van der Waals surface area contributed by atoms with Crippen LogP contribution in [0.2, 0.25) is 0 Å². The minimum absolute atomic E-state index is 0.173. The van der Waals surface area contributed by atoms with E-state index in [4.69, 9.17) is 4.74 Å². The van der Waals surface area contributed by atoms with Crippen molar-refractivity contribution in [2.24, 2.45) is 4.99 Å². The molecule has 0 saturated heterocycles. The van der Waals surface area contributed by atoms with Crippen LogP contribution in [0.25, 0.3) is 0 Å². The molecule has 0 fully saturated rings. The molecule has 27 heavy (non-hydrogen) atoms. The van der Waals surface area contributed by atoms with Gasteiger partial charge in [0.25, 0.3) is 5.91 Å². The number of ether oxygens (including phenoxy) is 1. The van der Waals surface area contributed by atoms with Gasteiger partial charge < -0.3 is 15.4 Å². The number of hydrogen-bond donors (Lipinski definition) is 3. The summed E-state index contributed by atoms with van der Waals surface area (Å²) in [5.41, 5.74) is 4.32. The molecule has 9 heteroatoms. The van der Waals surface area contributed by atoms with Crippen LogP contribution in [0.3, 0.4) is 0 Å². The molecule has 0 unspecified atom stereocenters. The lowest BCUT2D eigenvalue weighted by molar-refractivity contribution is -0.117. The summed E-state index contributed by atoms with van der Waals surface area (Å²) in [5, 5.41) is 7.72. The molecule has 0 aromatic heterocycles. The number of nitrogens with one attached hydrogen (secondary N) is 3. The van der Waals surface area contributed by atoms with Crippen molar-refractivity contribution in [3.8, 4) is 5.75 Å². The van der Waals surface area contributed by atoms with E-state index in [1.54, 1.807) is 17.3 Å². The molecule has 1 aromatic rings. The molecule has 4 rings (SSSR count). The number of nitrogens with zero attached hydrogens (tertiary/aromatic N) is 2. The van der Waals surface area contributed by atoms with E-state index < -0.39 is 0 Å². The van der Waals surface area contributed by atoms with Crippen LogP contribution in [0, 0.1) is 5.82 Å². The molecular weight excluding hydrogens is 417 g/mol. The van der Waals surface area contributed by atoms with Crippen LogP contribution in [0.5, 0.6) is 5.75 Å². The Morgan fingerprint density at radius 1 is 1.33 bits per heavy atom. The van der Waals surface area contributed by atoms with Crippen molar-refractivity contribution < 1.29 is 13.9 Å². The third kappa shape index (κ3) is 4.14. The fourth-order valence-corrected chi connectivity index (χ4v) is 3.40. The van der Waals surface area contributed by atoms with Gasteiger partial charge in [0, 0.05) is 18.3 Å². The highest BCUT2D eigenvalue weighted by molar-refractivity contribution is 9.10. The molecule has 1 aromatic carbocycles. The monoisotopic (exact) mass is 437 g/mol. The minimum Gasteiger partial charge on any atom is -0.490 e. The number of aliphatic imine (C=N–C) groups is 1. The van der Waals surface area contributed by atoms with Crippen molar-refractivity contribution in [1.29, 1.82) is 0 Å². The van der Waals surface area contributed by atoms with E-state index in [0.29, 0.717) is 46.1 Å². The standard InChI is InChI=1S/C16H15BrFN5O2.C2H6/c17-12-6-10(18)5-9-7-20-13-1-3-23-15(22-13)11(8-21-23)16(24)19-2-4-25-14(9)12;1-2/h1,3,5-6,21H,2,4,7-8H2,(H,19,24)(H,20,22);1-2H3. The van der Waals surface area contributed by atoms with Crippen molar-refractivity contribution >= 4 is 27.7 Å². The Morgan fingerprint density at radius 3 is 2.96 bits per heavy atom. The van der Waals surface area contributed by atoms with E-state index >= 15 is 0 Å². The highest BCUT2D eigenvalue weighted by Crippen LogP contribution is 2.31. The number of amides is 1. The number of halogens is 2. The number of amidine groups is 1. The second-order valence-corrected chi connectivity index (χ2v) is 6.51. The minimum atomic E-state index is -0.365. The first-order valence-corrected chi connectivity index (χ1v) is 9.55. The van der Waals surface area contributed by atoms with Gasteiger partial charge in [0.1, 0.15) is 29.8 Å². The lowest BCUT2D eigenvalue weighted by Gasteiger charge is -2.23. The molecule has 2 bridgehead atoms. The molecule has 3 N–H and O–H groups in total. The van der Waals surface area contributed by atoms with E-state index in [1.165, 1.54) is 12.1 Å². The third-order valence-corrected chi connectivity index (χ3v) is 4.58. The van der Waals surface area contributed by atoms with E-state index in [1.807, 2.05) is 13.8 Å². The Labute approximate surface area is 165 Å². The van der Waals surface area contributed by atoms with Gasteiger partial charge in [0.2, 0.25) is 0 Å². The fraction of sp³-hybridized carbons (Fsp3) is 0.333. The summed E-state index contributed by atoms with van der Waals surface area (Å²) >= 11 is 3.33. The maximum absolute atomic E-state index is 13.8. The highest BCUT2D eigenvalue weighted by Gasteiger charge is 2.28. The van der Waals surface area contributed by atoms with Gasteiger partial charge in [-0.2, -0.15) is 0 Å². The summed E-state index contributed by atoms with van der Waals surface area (Å²) < 4.78 is 20.0. The van der Waals surface area contributed by atoms with Crippen molar-refractivity contribution in [3.05, 3.63) is 51.7 Å². The van der Waals surface area contributed by atoms with Crippen molar-refractivity contribution in [2.45, 2.75) is 20.4 Å². The Morgan fingerprint density at radius 2 is 2.15 bits per heavy atom. The molecule has 1 amide bonds. The number of carbonyl (C=O) groups excluding carboxylic acids is 1. The zero-order chi connectivity index (χ0) is 19.4. The second kappa shape index (κ2) is 8.53. The van der Waals surface area contributed by atoms with Gasteiger partial charge in [-0.25, -0.2) is 9.82 Å². The number of hydrogen-bond acceptors (Lipinski definition) is 6. The van der Waals surface area contributed by atoms with Gasteiger partial charge in [-0.3, -0.25) is 14.8 Å². The smallest absolute Gasteiger partial charge is 0.252 e. The lowest BCUT2D eigenvalue weighted by Crippen LogP contribution is -2.39. The first-order chi connectivity index (χ1) is 13.1. The van der Waals surface area contributed by atoms with Gasteiger partial charge in [-0.05, 0) is 34.1 Å². The maximum Gasteiger partial charge on any atom is 0.252 e. The lowest BCUT2D eigenvalue weighted by atomic mass is 10.2. The normalized spacial score (nSPS) is 18.4. The molecule has 3 heterocycles. The van der Waals surface area contributed by atoms with Gasteiger partial charge in [0.05, 0.1) is 23.1 Å². The van der Waals surface area contributed by atoms with Crippen LogP contribution in [0.15, 0.2) is 45.3 Å². The largest absolute Gasteiger partial charge is 0.490 e. The molecule has 0 spiro atoms. The Balaban J connectivity index is 0.00000102. The van der Waals surface area contributed by atoms with E-state index in [0.717, 1.165) is 0 Å². The number of fused-ring (bicyclic) bond motifs is 2. The fourth-order valence-electron chi connectivity index (χ4n) is 2.81. The van der Waals surface area contributed by atoms with Crippen LogP contribution in [-0.2, 0) is 11.3 Å². The van der Waals surface area contributed by atoms with Gasteiger partial charge in [-0.15, -0.1) is 0 Å². The first kappa shape index (κ1) is 19.4. The molecule has 0 aliphatic carbocycles. The maximum atomic E-state index is 13.8. The Hall–Kier alpha value is -2.39. The van der Waals surface area contributed by atoms with Gasteiger partial charge in [-0.1, -0.05) is 13.8 Å². The Kier molecular flexibility index (Phi) is 6.12. The van der Waals surface area contributed by atoms with Crippen LogP contribution in [0.4, 0.5) is 4.39 Å². The summed E-state index contributed by atoms with van der Waals surface area (Å²) in [7, 11) is 0. The molecule has 0 atom stereocenters. The molecule has 0 saturated carbocycles. The summed E-state index contributed by atoms with van der Waals surface area (Å²) in [6, 6.07) is 2.75. The SMILES string of the molecule is CC.O=C1NCCOc2c(Br)cc(F)cc2CN=C2C=CN3NCC1=C3N2. The average molecular weight is 438 g/mol. The second-order valence-electron chi connectivity index (χ2n) is 5.65. The quantitative estimate of drug-likeness (QED) is 0.579. The Bertz CT molecular complexity index is 837. The number of hydrazine groups is 1. The van der Waals surface area contributed by atoms with E-state index in [-0.39, 0.29) is 24.9 Å². The van der Waals surface area contributed by atoms with Crippen LogP contribution in [-0.4, -0.2) is 36.4 Å². The summed E-state index contributed by atoms with van der Waals surface area (Å²) in [5.74, 6) is 1.23. The number of carbonyl (C=O) groups is 1. The topological polar surface area (TPSA) is 78.0 Å². The highest BCUT2D eigenvalue weighted by atomic mass is 79.9. The van der Waals surface area contributed by atoms with Crippen molar-refractivity contribution in [1.82, 2.24) is 21.1 Å². The van der Waals surface area contributed by atoms with Crippen LogP contribution < -0.4 is 20.8 Å². The van der Waals surface area contributed by atoms with Crippen LogP contribution in [0.1, 0.15) is 19.4 Å². The summed E-state index contributed by atoms with van der Waals surface area (Å²) in [6.07, 6.45) is 3.58.